The Morgan fingerprint density at radius 3 is 2.35 bits per heavy atom. The van der Waals surface area contributed by atoms with E-state index >= 15 is 0 Å². The fraction of sp³-hybridized carbons (Fsp3) is 0.412. The molecule has 1 aliphatic heterocycles. The van der Waals surface area contributed by atoms with Crippen LogP contribution in [0.15, 0.2) is 40.8 Å². The molecule has 106 valence electrons. The van der Waals surface area contributed by atoms with Crippen molar-refractivity contribution in [1.29, 1.82) is 0 Å². The number of rotatable bonds is 5. The molecule has 1 aromatic carbocycles. The largest absolute Gasteiger partial charge is 0.464 e. The zero-order chi connectivity index (χ0) is 13.8. The van der Waals surface area contributed by atoms with Crippen LogP contribution in [-0.4, -0.2) is 13.1 Å². The second-order valence-electron chi connectivity index (χ2n) is 5.32. The molecule has 20 heavy (non-hydrogen) atoms. The molecule has 0 bridgehead atoms. The number of aryl methyl sites for hydroxylation is 1. The molecule has 3 heteroatoms. The molecule has 0 atom stereocenters. The summed E-state index contributed by atoms with van der Waals surface area (Å²) in [5, 5.41) is 3.40. The van der Waals surface area contributed by atoms with Crippen LogP contribution >= 0.6 is 0 Å². The molecular formula is C17H22N2O. The highest BCUT2D eigenvalue weighted by Gasteiger charge is 2.11. The molecule has 0 amide bonds. The molecule has 0 unspecified atom stereocenters. The van der Waals surface area contributed by atoms with E-state index in [0.717, 1.165) is 30.2 Å². The first kappa shape index (κ1) is 13.1. The van der Waals surface area contributed by atoms with Crippen LogP contribution in [-0.2, 0) is 13.0 Å². The van der Waals surface area contributed by atoms with Gasteiger partial charge in [-0.25, -0.2) is 0 Å². The van der Waals surface area contributed by atoms with E-state index in [1.54, 1.807) is 0 Å². The van der Waals surface area contributed by atoms with Crippen LogP contribution in [0, 0.1) is 0 Å². The van der Waals surface area contributed by atoms with E-state index in [2.05, 4.69) is 41.4 Å². The summed E-state index contributed by atoms with van der Waals surface area (Å²) in [6.45, 7) is 5.23. The lowest BCUT2D eigenvalue weighted by molar-refractivity contribution is 0.476. The lowest BCUT2D eigenvalue weighted by Crippen LogP contribution is -2.17. The van der Waals surface area contributed by atoms with Crippen molar-refractivity contribution in [3.63, 3.8) is 0 Å². The van der Waals surface area contributed by atoms with Crippen molar-refractivity contribution < 1.29 is 4.42 Å². The molecule has 1 N–H and O–H groups in total. The molecule has 2 heterocycles. The van der Waals surface area contributed by atoms with E-state index < -0.39 is 0 Å². The number of nitrogens with zero attached hydrogens (tertiary/aromatic N) is 1. The van der Waals surface area contributed by atoms with Gasteiger partial charge in [0, 0.05) is 30.9 Å². The van der Waals surface area contributed by atoms with Gasteiger partial charge in [0.05, 0.1) is 6.54 Å². The van der Waals surface area contributed by atoms with Crippen molar-refractivity contribution in [3.8, 4) is 0 Å². The van der Waals surface area contributed by atoms with Crippen LogP contribution in [0.5, 0.6) is 0 Å². The average Bonchev–Trinajstić information content (AvgIpc) is 3.17. The van der Waals surface area contributed by atoms with Gasteiger partial charge >= 0.3 is 0 Å². The Morgan fingerprint density at radius 2 is 1.70 bits per heavy atom. The van der Waals surface area contributed by atoms with Gasteiger partial charge in [-0.2, -0.15) is 0 Å². The number of hydrogen-bond donors (Lipinski definition) is 1. The van der Waals surface area contributed by atoms with E-state index in [-0.39, 0.29) is 0 Å². The highest BCUT2D eigenvalue weighted by atomic mass is 16.3. The van der Waals surface area contributed by atoms with Crippen molar-refractivity contribution in [2.24, 2.45) is 0 Å². The normalized spacial score (nSPS) is 14.8. The molecule has 1 saturated heterocycles. The van der Waals surface area contributed by atoms with Gasteiger partial charge in [0.25, 0.3) is 0 Å². The number of benzene rings is 1. The zero-order valence-electron chi connectivity index (χ0n) is 12.1. The minimum absolute atomic E-state index is 0.739. The third kappa shape index (κ3) is 2.98. The summed E-state index contributed by atoms with van der Waals surface area (Å²) in [5.41, 5.74) is 2.47. The maximum Gasteiger partial charge on any atom is 0.123 e. The van der Waals surface area contributed by atoms with E-state index in [1.165, 1.54) is 31.6 Å². The van der Waals surface area contributed by atoms with E-state index in [9.17, 15) is 0 Å². The fourth-order valence-electron chi connectivity index (χ4n) is 2.66. The van der Waals surface area contributed by atoms with Crippen molar-refractivity contribution >= 4 is 11.4 Å². The van der Waals surface area contributed by atoms with Gasteiger partial charge in [-0.1, -0.05) is 6.92 Å². The number of nitrogens with one attached hydrogen (secondary N) is 1. The lowest BCUT2D eigenvalue weighted by atomic mass is 10.2. The molecule has 3 nitrogen and oxygen atoms in total. The first-order valence-corrected chi connectivity index (χ1v) is 7.51. The van der Waals surface area contributed by atoms with Crippen molar-refractivity contribution in [2.45, 2.75) is 32.7 Å². The van der Waals surface area contributed by atoms with E-state index in [0.29, 0.717) is 0 Å². The highest BCUT2D eigenvalue weighted by molar-refractivity contribution is 5.55. The van der Waals surface area contributed by atoms with Crippen molar-refractivity contribution in [1.82, 2.24) is 0 Å². The second-order valence-corrected chi connectivity index (χ2v) is 5.32. The first-order chi connectivity index (χ1) is 9.85. The van der Waals surface area contributed by atoms with Crippen LogP contribution in [0.1, 0.15) is 31.3 Å². The summed E-state index contributed by atoms with van der Waals surface area (Å²) in [6.07, 6.45) is 3.58. The van der Waals surface area contributed by atoms with Crippen LogP contribution in [0.2, 0.25) is 0 Å². The van der Waals surface area contributed by atoms with Gasteiger partial charge in [-0.05, 0) is 49.2 Å². The molecule has 2 aromatic rings. The molecular weight excluding hydrogens is 248 g/mol. The Hall–Kier alpha value is -1.90. The van der Waals surface area contributed by atoms with Crippen molar-refractivity contribution in [2.75, 3.05) is 23.3 Å². The van der Waals surface area contributed by atoms with Crippen molar-refractivity contribution in [3.05, 3.63) is 47.9 Å². The molecule has 0 saturated carbocycles. The predicted molar refractivity (Wildman–Crippen MR) is 83.3 cm³/mol. The summed E-state index contributed by atoms with van der Waals surface area (Å²) in [4.78, 5) is 2.45. The predicted octanol–water partition coefficient (Wildman–Crippen LogP) is 4.05. The molecule has 1 aliphatic rings. The van der Waals surface area contributed by atoms with Gasteiger partial charge in [-0.15, -0.1) is 0 Å². The third-order valence-corrected chi connectivity index (χ3v) is 3.87. The topological polar surface area (TPSA) is 28.4 Å². The minimum atomic E-state index is 0.739. The number of furan rings is 1. The Labute approximate surface area is 120 Å². The number of hydrogen-bond acceptors (Lipinski definition) is 3. The molecule has 0 aliphatic carbocycles. The molecule has 1 fully saturated rings. The monoisotopic (exact) mass is 270 g/mol. The van der Waals surface area contributed by atoms with Crippen LogP contribution in [0.4, 0.5) is 11.4 Å². The molecule has 1 aromatic heterocycles. The van der Waals surface area contributed by atoms with Crippen LogP contribution in [0.3, 0.4) is 0 Å². The SMILES string of the molecule is CCc1ccc(CNc2ccc(N3CCCC3)cc2)o1. The Morgan fingerprint density at radius 1 is 1.00 bits per heavy atom. The van der Waals surface area contributed by atoms with E-state index in [1.807, 2.05) is 12.1 Å². The summed E-state index contributed by atoms with van der Waals surface area (Å²) < 4.78 is 5.69. The highest BCUT2D eigenvalue weighted by Crippen LogP contribution is 2.22. The standard InChI is InChI=1S/C17H22N2O/c1-2-16-9-10-17(20-16)13-18-14-5-7-15(8-6-14)19-11-3-4-12-19/h5-10,18H,2-4,11-13H2,1H3. The Bertz CT molecular complexity index is 538. The minimum Gasteiger partial charge on any atom is -0.464 e. The quantitative estimate of drug-likeness (QED) is 0.888. The Balaban J connectivity index is 1.57. The maximum atomic E-state index is 5.69. The first-order valence-electron chi connectivity index (χ1n) is 7.51. The second kappa shape index (κ2) is 6.04. The number of anilines is 2. The summed E-state index contributed by atoms with van der Waals surface area (Å²) in [5.74, 6) is 2.04. The van der Waals surface area contributed by atoms with Gasteiger partial charge in [0.15, 0.2) is 0 Å². The zero-order valence-corrected chi connectivity index (χ0v) is 12.1. The third-order valence-electron chi connectivity index (χ3n) is 3.87. The summed E-state index contributed by atoms with van der Waals surface area (Å²) in [7, 11) is 0. The summed E-state index contributed by atoms with van der Waals surface area (Å²) in [6, 6.07) is 12.8. The molecule has 0 radical (unpaired) electrons. The van der Waals surface area contributed by atoms with Crippen LogP contribution in [0.25, 0.3) is 0 Å². The van der Waals surface area contributed by atoms with E-state index in [4.69, 9.17) is 4.42 Å². The fourth-order valence-corrected chi connectivity index (χ4v) is 2.66. The Kier molecular flexibility index (Phi) is 3.95. The van der Waals surface area contributed by atoms with Gasteiger partial charge in [0.2, 0.25) is 0 Å². The molecule has 3 rings (SSSR count). The maximum absolute atomic E-state index is 5.69. The molecule has 0 spiro atoms. The lowest BCUT2D eigenvalue weighted by Gasteiger charge is -2.17. The van der Waals surface area contributed by atoms with Gasteiger partial charge in [0.1, 0.15) is 11.5 Å². The summed E-state index contributed by atoms with van der Waals surface area (Å²) >= 11 is 0. The van der Waals surface area contributed by atoms with Gasteiger partial charge in [-0.3, -0.25) is 0 Å². The van der Waals surface area contributed by atoms with Crippen LogP contribution < -0.4 is 10.2 Å². The average molecular weight is 270 g/mol. The van der Waals surface area contributed by atoms with Gasteiger partial charge < -0.3 is 14.6 Å². The smallest absolute Gasteiger partial charge is 0.123 e.